The molecule has 1 atom stereocenters. The smallest absolute Gasteiger partial charge is 0.360 e. The first-order chi connectivity index (χ1) is 9.11. The van der Waals surface area contributed by atoms with Gasteiger partial charge in [-0.15, -0.1) is 0 Å². The molecule has 0 aliphatic carbocycles. The van der Waals surface area contributed by atoms with E-state index in [1.807, 2.05) is 13.8 Å². The van der Waals surface area contributed by atoms with E-state index in [-0.39, 0.29) is 5.15 Å². The zero-order valence-corrected chi connectivity index (χ0v) is 13.3. The van der Waals surface area contributed by atoms with E-state index in [1.54, 1.807) is 24.5 Å². The monoisotopic (exact) mass is 322 g/mol. The molecule has 0 aliphatic heterocycles. The van der Waals surface area contributed by atoms with Crippen LogP contribution >= 0.6 is 18.2 Å². The Kier molecular flexibility index (Phi) is 7.49. The first-order valence-electron chi connectivity index (χ1n) is 5.77. The van der Waals surface area contributed by atoms with E-state index < -0.39 is 6.64 Å². The normalized spacial score (nSPS) is 14.5. The number of pyridine rings is 1. The molecule has 0 aliphatic rings. The number of nitrogens with zero attached hydrogens (tertiary/aromatic N) is 2. The van der Waals surface area contributed by atoms with Crippen LogP contribution < -0.4 is 4.52 Å². The topological polar surface area (TPSA) is 52.9 Å². The number of ether oxygens (including phenoxy) is 1. The molecule has 0 saturated heterocycles. The predicted octanol–water partition coefficient (Wildman–Crippen LogP) is 3.48. The summed E-state index contributed by atoms with van der Waals surface area (Å²) in [5.41, 5.74) is 0. The number of hydrogen-bond donors (Lipinski definition) is 0. The average Bonchev–Trinajstić information content (AvgIpc) is 2.38. The fraction of sp³-hybridized carbons (Fsp3) is 0.455. The molecule has 0 saturated carbocycles. The molecule has 8 heteroatoms. The molecular formula is C11H16ClN2O3PS. The lowest BCUT2D eigenvalue weighted by Crippen LogP contribution is -1.99. The molecule has 106 valence electrons. The summed E-state index contributed by atoms with van der Waals surface area (Å²) in [7, 11) is 0. The summed E-state index contributed by atoms with van der Waals surface area (Å²) in [6, 6.07) is 3.38. The fourth-order valence-corrected chi connectivity index (χ4v) is 3.24. The van der Waals surface area contributed by atoms with Gasteiger partial charge in [-0.1, -0.05) is 11.6 Å². The molecule has 0 bridgehead atoms. The molecule has 0 radical (unpaired) electrons. The molecule has 0 spiro atoms. The van der Waals surface area contributed by atoms with Crippen LogP contribution in [0.2, 0.25) is 5.15 Å². The SMILES string of the molecule is CCOCC=NP(=S)(OCC)Oc1cccnc1Cl. The summed E-state index contributed by atoms with van der Waals surface area (Å²) in [5.74, 6) is 0.370. The molecule has 1 heterocycles. The Morgan fingerprint density at radius 3 is 2.89 bits per heavy atom. The highest BCUT2D eigenvalue weighted by Gasteiger charge is 2.20. The molecular weight excluding hydrogens is 307 g/mol. The first kappa shape index (κ1) is 16.5. The van der Waals surface area contributed by atoms with Gasteiger partial charge in [-0.05, 0) is 26.0 Å². The second kappa shape index (κ2) is 8.61. The van der Waals surface area contributed by atoms with Crippen LogP contribution in [0.1, 0.15) is 13.8 Å². The lowest BCUT2D eigenvalue weighted by atomic mass is 10.5. The third-order valence-corrected chi connectivity index (χ3v) is 4.41. The quantitative estimate of drug-likeness (QED) is 0.317. The lowest BCUT2D eigenvalue weighted by molar-refractivity contribution is 0.190. The van der Waals surface area contributed by atoms with E-state index in [1.165, 1.54) is 0 Å². The van der Waals surface area contributed by atoms with Crippen LogP contribution in [0, 0.1) is 0 Å². The van der Waals surface area contributed by atoms with E-state index in [9.17, 15) is 0 Å². The minimum absolute atomic E-state index is 0.233. The van der Waals surface area contributed by atoms with E-state index in [4.69, 9.17) is 37.2 Å². The third kappa shape index (κ3) is 5.97. The van der Waals surface area contributed by atoms with Crippen molar-refractivity contribution in [2.24, 2.45) is 4.76 Å². The van der Waals surface area contributed by atoms with Gasteiger partial charge < -0.3 is 13.8 Å². The molecule has 1 aromatic rings. The maximum atomic E-state index is 5.92. The zero-order chi connectivity index (χ0) is 14.1. The van der Waals surface area contributed by atoms with Crippen LogP contribution in [-0.2, 0) is 21.1 Å². The van der Waals surface area contributed by atoms with Crippen LogP contribution in [0.15, 0.2) is 23.1 Å². The molecule has 1 rings (SSSR count). The Morgan fingerprint density at radius 1 is 1.47 bits per heavy atom. The van der Waals surface area contributed by atoms with Gasteiger partial charge in [-0.3, -0.25) is 0 Å². The van der Waals surface area contributed by atoms with Crippen LogP contribution in [0.4, 0.5) is 0 Å². The highest BCUT2D eigenvalue weighted by molar-refractivity contribution is 8.09. The summed E-state index contributed by atoms with van der Waals surface area (Å²) in [6.07, 6.45) is 3.13. The number of halogens is 1. The summed E-state index contributed by atoms with van der Waals surface area (Å²) >= 11 is 11.2. The van der Waals surface area contributed by atoms with Crippen molar-refractivity contribution in [3.63, 3.8) is 0 Å². The molecule has 0 aromatic carbocycles. The van der Waals surface area contributed by atoms with Crippen molar-refractivity contribution in [3.05, 3.63) is 23.5 Å². The second-order valence-electron chi connectivity index (χ2n) is 3.23. The van der Waals surface area contributed by atoms with Gasteiger partial charge in [0.1, 0.15) is 0 Å². The first-order valence-corrected chi connectivity index (χ1v) is 8.74. The van der Waals surface area contributed by atoms with Crippen molar-refractivity contribution in [2.75, 3.05) is 19.8 Å². The van der Waals surface area contributed by atoms with Gasteiger partial charge in [0.05, 0.1) is 13.2 Å². The van der Waals surface area contributed by atoms with Gasteiger partial charge >= 0.3 is 6.64 Å². The van der Waals surface area contributed by atoms with Crippen molar-refractivity contribution >= 4 is 36.3 Å². The van der Waals surface area contributed by atoms with Crippen molar-refractivity contribution in [2.45, 2.75) is 13.8 Å². The molecule has 1 unspecified atom stereocenters. The standard InChI is InChI=1S/C11H16ClN2O3PS/c1-3-15-9-8-14-18(19,16-4-2)17-10-6-5-7-13-11(10)12/h5-8H,3-4,9H2,1-2H3. The van der Waals surface area contributed by atoms with Crippen molar-refractivity contribution in [3.8, 4) is 5.75 Å². The summed E-state index contributed by atoms with van der Waals surface area (Å²) in [6.45, 7) is 2.30. The molecule has 0 amide bonds. The van der Waals surface area contributed by atoms with Crippen LogP contribution in [0.5, 0.6) is 5.75 Å². The van der Waals surface area contributed by atoms with Gasteiger partial charge in [-0.2, -0.15) is 0 Å². The average molecular weight is 323 g/mol. The Balaban J connectivity index is 2.79. The van der Waals surface area contributed by atoms with Crippen molar-refractivity contribution < 1.29 is 13.8 Å². The Hall–Kier alpha value is -0.520. The maximum Gasteiger partial charge on any atom is 0.360 e. The van der Waals surface area contributed by atoms with E-state index >= 15 is 0 Å². The van der Waals surface area contributed by atoms with Gasteiger partial charge in [0.2, 0.25) is 0 Å². The Morgan fingerprint density at radius 2 is 2.26 bits per heavy atom. The maximum absolute atomic E-state index is 5.92. The summed E-state index contributed by atoms with van der Waals surface area (Å²) in [5, 5.41) is 0.233. The van der Waals surface area contributed by atoms with Gasteiger partial charge in [0, 0.05) is 30.8 Å². The van der Waals surface area contributed by atoms with Crippen LogP contribution in [0.3, 0.4) is 0 Å². The fourth-order valence-electron chi connectivity index (χ4n) is 1.11. The van der Waals surface area contributed by atoms with Gasteiger partial charge in [-0.25, -0.2) is 9.75 Å². The van der Waals surface area contributed by atoms with Crippen LogP contribution in [0.25, 0.3) is 0 Å². The van der Waals surface area contributed by atoms with Gasteiger partial charge in [0.15, 0.2) is 10.9 Å². The molecule has 0 N–H and O–H groups in total. The van der Waals surface area contributed by atoms with E-state index in [0.717, 1.165) is 0 Å². The molecule has 1 aromatic heterocycles. The second-order valence-corrected chi connectivity index (χ2v) is 6.58. The number of rotatable bonds is 8. The minimum atomic E-state index is -2.81. The largest absolute Gasteiger partial charge is 0.424 e. The van der Waals surface area contributed by atoms with Crippen molar-refractivity contribution in [1.29, 1.82) is 0 Å². The van der Waals surface area contributed by atoms with E-state index in [0.29, 0.717) is 25.6 Å². The lowest BCUT2D eigenvalue weighted by Gasteiger charge is -2.17. The number of hydrogen-bond acceptors (Lipinski definition) is 5. The number of aromatic nitrogens is 1. The summed E-state index contributed by atoms with van der Waals surface area (Å²) in [4.78, 5) is 3.91. The molecule has 5 nitrogen and oxygen atoms in total. The van der Waals surface area contributed by atoms with Crippen molar-refractivity contribution in [1.82, 2.24) is 4.98 Å². The van der Waals surface area contributed by atoms with Gasteiger partial charge in [0.25, 0.3) is 0 Å². The molecule has 0 fully saturated rings. The zero-order valence-electron chi connectivity index (χ0n) is 10.8. The molecule has 19 heavy (non-hydrogen) atoms. The highest BCUT2D eigenvalue weighted by Crippen LogP contribution is 2.50. The third-order valence-electron chi connectivity index (χ3n) is 1.85. The van der Waals surface area contributed by atoms with Crippen LogP contribution in [-0.4, -0.2) is 31.0 Å². The summed E-state index contributed by atoms with van der Waals surface area (Å²) < 4.78 is 20.4. The Labute approximate surface area is 123 Å². The predicted molar refractivity (Wildman–Crippen MR) is 80.8 cm³/mol. The van der Waals surface area contributed by atoms with E-state index in [2.05, 4.69) is 9.75 Å². The highest BCUT2D eigenvalue weighted by atomic mass is 35.5. The minimum Gasteiger partial charge on any atom is -0.424 e. The Bertz CT molecular complexity index is 473.